The highest BCUT2D eigenvalue weighted by Crippen LogP contribution is 2.25. The number of carboxylic acid groups (broad SMARTS) is 1. The quantitative estimate of drug-likeness (QED) is 0.861. The van der Waals surface area contributed by atoms with E-state index in [1.807, 2.05) is 19.9 Å². The van der Waals surface area contributed by atoms with E-state index < -0.39 is 11.5 Å². The molecule has 1 amide bonds. The minimum absolute atomic E-state index is 0.270. The van der Waals surface area contributed by atoms with Crippen LogP contribution in [0.4, 0.5) is 5.69 Å². The molecule has 6 nitrogen and oxygen atoms in total. The third-order valence-electron chi connectivity index (χ3n) is 3.82. The number of aromatic nitrogens is 2. The summed E-state index contributed by atoms with van der Waals surface area (Å²) in [6.07, 6.45) is 2.89. The number of hydrogen-bond donors (Lipinski definition) is 2. The van der Waals surface area contributed by atoms with Gasteiger partial charge in [-0.25, -0.2) is 4.79 Å². The first kappa shape index (κ1) is 18.0. The number of carboxylic acids is 1. The van der Waals surface area contributed by atoms with E-state index in [4.69, 9.17) is 11.6 Å². The van der Waals surface area contributed by atoms with Gasteiger partial charge in [0, 0.05) is 16.8 Å². The van der Waals surface area contributed by atoms with Crippen LogP contribution in [0.5, 0.6) is 0 Å². The molecule has 0 atom stereocenters. The molecule has 2 aromatic rings. The summed E-state index contributed by atoms with van der Waals surface area (Å²) >= 11 is 6.21. The van der Waals surface area contributed by atoms with Crippen LogP contribution >= 0.6 is 11.6 Å². The van der Waals surface area contributed by atoms with E-state index in [2.05, 4.69) is 10.4 Å². The summed E-state index contributed by atoms with van der Waals surface area (Å²) in [5, 5.41) is 16.4. The number of benzene rings is 1. The summed E-state index contributed by atoms with van der Waals surface area (Å²) in [5.41, 5.74) is 0.614. The molecule has 0 aliphatic heterocycles. The third kappa shape index (κ3) is 3.59. The molecular formula is C17H20ClN3O3. The summed E-state index contributed by atoms with van der Waals surface area (Å²) in [5.74, 6) is -1.08. The van der Waals surface area contributed by atoms with Gasteiger partial charge >= 0.3 is 5.97 Å². The fraction of sp³-hybridized carbons (Fsp3) is 0.353. The van der Waals surface area contributed by atoms with Gasteiger partial charge in [0.05, 0.1) is 11.9 Å². The smallest absolute Gasteiger partial charge is 0.331 e. The van der Waals surface area contributed by atoms with Crippen molar-refractivity contribution in [1.29, 1.82) is 0 Å². The predicted molar refractivity (Wildman–Crippen MR) is 92.7 cm³/mol. The van der Waals surface area contributed by atoms with Crippen molar-refractivity contribution in [2.75, 3.05) is 5.32 Å². The first-order valence-corrected chi connectivity index (χ1v) is 7.90. The third-order valence-corrected chi connectivity index (χ3v) is 4.15. The largest absolute Gasteiger partial charge is 0.479 e. The van der Waals surface area contributed by atoms with Crippen molar-refractivity contribution < 1.29 is 14.7 Å². The van der Waals surface area contributed by atoms with E-state index in [-0.39, 0.29) is 11.8 Å². The Kier molecular flexibility index (Phi) is 4.99. The van der Waals surface area contributed by atoms with Crippen molar-refractivity contribution in [1.82, 2.24) is 9.78 Å². The summed E-state index contributed by atoms with van der Waals surface area (Å²) in [4.78, 5) is 23.6. The van der Waals surface area contributed by atoms with Gasteiger partial charge in [0.25, 0.3) is 5.91 Å². The molecule has 2 N–H and O–H groups in total. The van der Waals surface area contributed by atoms with Crippen LogP contribution in [0.15, 0.2) is 30.6 Å². The Balaban J connectivity index is 2.18. The lowest BCUT2D eigenvalue weighted by Gasteiger charge is -2.19. The van der Waals surface area contributed by atoms with Crippen molar-refractivity contribution in [2.24, 2.45) is 0 Å². The molecule has 1 aromatic carbocycles. The number of rotatable bonds is 5. The zero-order valence-corrected chi connectivity index (χ0v) is 14.8. The Hall–Kier alpha value is -2.34. The molecule has 0 spiro atoms. The number of carbonyl (C=O) groups is 2. The minimum atomic E-state index is -1.20. The van der Waals surface area contributed by atoms with E-state index in [0.29, 0.717) is 16.3 Å². The lowest BCUT2D eigenvalue weighted by molar-refractivity contribution is -0.146. The van der Waals surface area contributed by atoms with Gasteiger partial charge < -0.3 is 10.4 Å². The van der Waals surface area contributed by atoms with Crippen LogP contribution in [-0.2, 0) is 10.3 Å². The molecule has 0 bridgehead atoms. The monoisotopic (exact) mass is 349 g/mol. The number of carbonyl (C=O) groups excluding carboxylic acids is 1. The molecule has 0 radical (unpaired) electrons. The van der Waals surface area contributed by atoms with E-state index >= 15 is 0 Å². The molecule has 0 unspecified atom stereocenters. The van der Waals surface area contributed by atoms with Gasteiger partial charge in [0.2, 0.25) is 0 Å². The van der Waals surface area contributed by atoms with Crippen LogP contribution in [0.1, 0.15) is 49.5 Å². The van der Waals surface area contributed by atoms with Gasteiger partial charge in [-0.05, 0) is 37.5 Å². The number of nitrogens with one attached hydrogen (secondary N) is 1. The highest BCUT2D eigenvalue weighted by Gasteiger charge is 2.30. The Morgan fingerprint density at radius 1 is 1.33 bits per heavy atom. The summed E-state index contributed by atoms with van der Waals surface area (Å²) in [6.45, 7) is 7.11. The van der Waals surface area contributed by atoms with Gasteiger partial charge in [0.15, 0.2) is 5.54 Å². The fourth-order valence-electron chi connectivity index (χ4n) is 2.13. The molecule has 0 fully saturated rings. The fourth-order valence-corrected chi connectivity index (χ4v) is 2.53. The summed E-state index contributed by atoms with van der Waals surface area (Å²) in [6, 6.07) is 5.17. The second kappa shape index (κ2) is 6.65. The molecule has 2 rings (SSSR count). The van der Waals surface area contributed by atoms with E-state index in [9.17, 15) is 14.7 Å². The molecule has 24 heavy (non-hydrogen) atoms. The van der Waals surface area contributed by atoms with Gasteiger partial charge in [-0.3, -0.25) is 9.48 Å². The van der Waals surface area contributed by atoms with Crippen molar-refractivity contribution in [2.45, 2.75) is 39.2 Å². The summed E-state index contributed by atoms with van der Waals surface area (Å²) in [7, 11) is 0. The van der Waals surface area contributed by atoms with Gasteiger partial charge in [0.1, 0.15) is 0 Å². The molecule has 128 valence electrons. The van der Waals surface area contributed by atoms with Crippen LogP contribution < -0.4 is 5.32 Å². The van der Waals surface area contributed by atoms with Gasteiger partial charge in [-0.1, -0.05) is 31.5 Å². The molecule has 0 aliphatic carbocycles. The average molecular weight is 350 g/mol. The van der Waals surface area contributed by atoms with Gasteiger partial charge in [-0.15, -0.1) is 0 Å². The van der Waals surface area contributed by atoms with Crippen molar-refractivity contribution in [3.8, 4) is 0 Å². The van der Waals surface area contributed by atoms with Crippen LogP contribution in [0.25, 0.3) is 0 Å². The Morgan fingerprint density at radius 2 is 2.00 bits per heavy atom. The minimum Gasteiger partial charge on any atom is -0.479 e. The van der Waals surface area contributed by atoms with Crippen LogP contribution in [0.3, 0.4) is 0 Å². The first-order valence-electron chi connectivity index (χ1n) is 7.52. The van der Waals surface area contributed by atoms with E-state index in [0.717, 1.165) is 5.56 Å². The number of anilines is 1. The van der Waals surface area contributed by atoms with Crippen LogP contribution in [0, 0.1) is 0 Å². The lowest BCUT2D eigenvalue weighted by atomic mass is 10.0. The zero-order chi connectivity index (χ0) is 18.1. The Morgan fingerprint density at radius 3 is 2.54 bits per heavy atom. The molecule has 0 aliphatic rings. The van der Waals surface area contributed by atoms with Crippen molar-refractivity contribution in [3.05, 3.63) is 46.7 Å². The number of halogens is 1. The summed E-state index contributed by atoms with van der Waals surface area (Å²) < 4.78 is 1.29. The number of hydrogen-bond acceptors (Lipinski definition) is 3. The average Bonchev–Trinajstić information content (AvgIpc) is 2.95. The van der Waals surface area contributed by atoms with Crippen LogP contribution in [0.2, 0.25) is 5.02 Å². The second-order valence-corrected chi connectivity index (χ2v) is 6.79. The van der Waals surface area contributed by atoms with Crippen LogP contribution in [-0.4, -0.2) is 26.8 Å². The van der Waals surface area contributed by atoms with E-state index in [1.54, 1.807) is 12.1 Å². The molecule has 1 heterocycles. The molecule has 1 aromatic heterocycles. The normalized spacial score (nSPS) is 11.6. The Labute approximate surface area is 145 Å². The highest BCUT2D eigenvalue weighted by atomic mass is 35.5. The maximum Gasteiger partial charge on any atom is 0.331 e. The maximum absolute atomic E-state index is 12.3. The number of aliphatic carboxylic acids is 1. The topological polar surface area (TPSA) is 84.2 Å². The predicted octanol–water partition coefficient (Wildman–Crippen LogP) is 3.73. The second-order valence-electron chi connectivity index (χ2n) is 6.38. The standard InChI is InChI=1S/C17H20ClN3O3/c1-10(2)13-6-5-11(7-14(13)18)15(22)20-12-8-19-21(9-12)17(3,4)16(23)24/h5-10H,1-4H3,(H,20,22)(H,23,24). The van der Waals surface area contributed by atoms with Gasteiger partial charge in [-0.2, -0.15) is 5.10 Å². The number of nitrogens with zero attached hydrogens (tertiary/aromatic N) is 2. The molecule has 7 heteroatoms. The molecule has 0 saturated heterocycles. The SMILES string of the molecule is CC(C)c1ccc(C(=O)Nc2cnn(C(C)(C)C(=O)O)c2)cc1Cl. The van der Waals surface area contributed by atoms with E-state index in [1.165, 1.54) is 30.9 Å². The molecule has 0 saturated carbocycles. The lowest BCUT2D eigenvalue weighted by Crippen LogP contribution is -2.35. The zero-order valence-electron chi connectivity index (χ0n) is 14.0. The molecular weight excluding hydrogens is 330 g/mol. The highest BCUT2D eigenvalue weighted by molar-refractivity contribution is 6.31. The Bertz CT molecular complexity index is 781. The number of amides is 1. The first-order chi connectivity index (χ1) is 11.1. The maximum atomic E-state index is 12.3. The van der Waals surface area contributed by atoms with Crippen molar-refractivity contribution >= 4 is 29.2 Å². The van der Waals surface area contributed by atoms with Crippen molar-refractivity contribution in [3.63, 3.8) is 0 Å².